The molecule has 0 unspecified atom stereocenters. The van der Waals surface area contributed by atoms with Crippen LogP contribution in [0.1, 0.15) is 21.0 Å². The molecule has 3 aromatic rings. The van der Waals surface area contributed by atoms with Gasteiger partial charge in [-0.15, -0.1) is 0 Å². The highest BCUT2D eigenvalue weighted by atomic mass is 16.4. The van der Waals surface area contributed by atoms with E-state index in [4.69, 9.17) is 5.11 Å². The molecule has 0 saturated carbocycles. The Kier molecular flexibility index (Phi) is 3.34. The maximum Gasteiger partial charge on any atom is 0.352 e. The molecule has 0 saturated heterocycles. The second kappa shape index (κ2) is 5.33. The molecule has 0 bridgehead atoms. The Bertz CT molecular complexity index is 883. The zero-order valence-electron chi connectivity index (χ0n) is 11.8. The number of nitrogens with one attached hydrogen (secondary N) is 1. The van der Waals surface area contributed by atoms with Crippen molar-refractivity contribution in [3.63, 3.8) is 0 Å². The van der Waals surface area contributed by atoms with Crippen LogP contribution in [0.4, 0.5) is 5.69 Å². The molecule has 0 atom stereocenters. The van der Waals surface area contributed by atoms with Gasteiger partial charge in [-0.2, -0.15) is 0 Å². The summed E-state index contributed by atoms with van der Waals surface area (Å²) in [5.74, 6) is -1.43. The molecule has 2 heterocycles. The van der Waals surface area contributed by atoms with Gasteiger partial charge in [-0.05, 0) is 17.5 Å². The topological polar surface area (TPSA) is 84.2 Å². The lowest BCUT2D eigenvalue weighted by molar-refractivity contribution is 0.0686. The van der Waals surface area contributed by atoms with Crippen LogP contribution >= 0.6 is 0 Å². The molecule has 1 amide bonds. The van der Waals surface area contributed by atoms with E-state index in [2.05, 4.69) is 10.3 Å². The molecule has 1 aromatic carbocycles. The van der Waals surface area contributed by atoms with Crippen molar-refractivity contribution >= 4 is 28.3 Å². The summed E-state index contributed by atoms with van der Waals surface area (Å²) in [6.07, 6.45) is 3.18. The van der Waals surface area contributed by atoms with Gasteiger partial charge in [-0.25, -0.2) is 4.79 Å². The minimum absolute atomic E-state index is 0.0989. The molecule has 110 valence electrons. The number of aromatic carboxylic acids is 1. The number of carbonyl (C=O) groups excluding carboxylic acids is 1. The minimum atomic E-state index is -1.05. The van der Waals surface area contributed by atoms with Gasteiger partial charge in [0, 0.05) is 24.8 Å². The average molecular weight is 295 g/mol. The summed E-state index contributed by atoms with van der Waals surface area (Å²) in [5.41, 5.74) is 0.793. The van der Waals surface area contributed by atoms with Crippen molar-refractivity contribution in [3.05, 3.63) is 60.2 Å². The lowest BCUT2D eigenvalue weighted by atomic mass is 10.1. The van der Waals surface area contributed by atoms with Crippen molar-refractivity contribution in [1.29, 1.82) is 0 Å². The molecule has 6 nitrogen and oxygen atoms in total. The van der Waals surface area contributed by atoms with Gasteiger partial charge >= 0.3 is 5.97 Å². The molecular weight excluding hydrogens is 282 g/mol. The number of carbonyl (C=O) groups is 2. The number of amides is 1. The van der Waals surface area contributed by atoms with Crippen molar-refractivity contribution in [2.24, 2.45) is 7.05 Å². The Labute approximate surface area is 126 Å². The lowest BCUT2D eigenvalue weighted by Crippen LogP contribution is -2.13. The van der Waals surface area contributed by atoms with E-state index in [1.165, 1.54) is 10.6 Å². The van der Waals surface area contributed by atoms with Crippen LogP contribution in [-0.4, -0.2) is 26.5 Å². The summed E-state index contributed by atoms with van der Waals surface area (Å²) in [4.78, 5) is 27.3. The molecule has 3 rings (SSSR count). The van der Waals surface area contributed by atoms with Crippen LogP contribution < -0.4 is 5.32 Å². The molecule has 0 spiro atoms. The Morgan fingerprint density at radius 2 is 1.91 bits per heavy atom. The van der Waals surface area contributed by atoms with Crippen molar-refractivity contribution in [2.45, 2.75) is 0 Å². The molecule has 2 aromatic heterocycles. The first-order valence-corrected chi connectivity index (χ1v) is 6.60. The summed E-state index contributed by atoms with van der Waals surface area (Å²) in [5, 5.41) is 13.5. The van der Waals surface area contributed by atoms with Gasteiger partial charge in [-0.3, -0.25) is 9.78 Å². The zero-order valence-corrected chi connectivity index (χ0v) is 11.8. The maximum absolute atomic E-state index is 12.2. The molecule has 0 fully saturated rings. The van der Waals surface area contributed by atoms with Crippen molar-refractivity contribution in [2.75, 3.05) is 5.32 Å². The first kappa shape index (κ1) is 13.8. The minimum Gasteiger partial charge on any atom is -0.477 e. The van der Waals surface area contributed by atoms with E-state index in [1.807, 2.05) is 24.3 Å². The number of anilines is 1. The molecular formula is C16H13N3O3. The van der Waals surface area contributed by atoms with Crippen molar-refractivity contribution in [1.82, 2.24) is 9.55 Å². The molecule has 0 aliphatic heterocycles. The number of carboxylic acids is 1. The fourth-order valence-electron chi connectivity index (χ4n) is 2.25. The first-order chi connectivity index (χ1) is 10.5. The quantitative estimate of drug-likeness (QED) is 0.777. The molecule has 0 aliphatic rings. The Balaban J connectivity index is 1.86. The van der Waals surface area contributed by atoms with E-state index in [-0.39, 0.29) is 17.3 Å². The summed E-state index contributed by atoms with van der Waals surface area (Å²) >= 11 is 0. The Hall–Kier alpha value is -3.15. The summed E-state index contributed by atoms with van der Waals surface area (Å²) in [6, 6.07) is 10.7. The van der Waals surface area contributed by atoms with Crippen LogP contribution in [0, 0.1) is 0 Å². The number of pyridine rings is 1. The van der Waals surface area contributed by atoms with E-state index in [0.717, 1.165) is 10.8 Å². The Morgan fingerprint density at radius 3 is 2.59 bits per heavy atom. The van der Waals surface area contributed by atoms with Gasteiger partial charge in [0.25, 0.3) is 5.91 Å². The fraction of sp³-hybridized carbons (Fsp3) is 0.0625. The molecule has 6 heteroatoms. The van der Waals surface area contributed by atoms with Gasteiger partial charge in [0.1, 0.15) is 11.4 Å². The fourth-order valence-corrected chi connectivity index (χ4v) is 2.25. The summed E-state index contributed by atoms with van der Waals surface area (Å²) in [6.45, 7) is 0. The number of fused-ring (bicyclic) bond motifs is 1. The van der Waals surface area contributed by atoms with Crippen LogP contribution in [0.15, 0.2) is 48.8 Å². The second-order valence-electron chi connectivity index (χ2n) is 4.90. The third-order valence-electron chi connectivity index (χ3n) is 3.35. The van der Waals surface area contributed by atoms with Crippen LogP contribution in [-0.2, 0) is 7.05 Å². The number of benzene rings is 1. The van der Waals surface area contributed by atoms with E-state index in [1.54, 1.807) is 25.5 Å². The van der Waals surface area contributed by atoms with E-state index < -0.39 is 5.97 Å². The van der Waals surface area contributed by atoms with Gasteiger partial charge in [0.15, 0.2) is 0 Å². The number of aromatic nitrogens is 2. The number of hydrogen-bond acceptors (Lipinski definition) is 3. The lowest BCUT2D eigenvalue weighted by Gasteiger charge is -2.03. The summed E-state index contributed by atoms with van der Waals surface area (Å²) in [7, 11) is 1.60. The highest BCUT2D eigenvalue weighted by Gasteiger charge is 2.13. The SMILES string of the molecule is Cn1cc(NC(=O)c2cc3ccccc3cn2)cc1C(=O)O. The molecule has 0 aliphatic carbocycles. The van der Waals surface area contributed by atoms with Crippen LogP contribution in [0.2, 0.25) is 0 Å². The maximum atomic E-state index is 12.2. The molecule has 2 N–H and O–H groups in total. The Morgan fingerprint density at radius 1 is 1.18 bits per heavy atom. The van der Waals surface area contributed by atoms with Crippen molar-refractivity contribution < 1.29 is 14.7 Å². The van der Waals surface area contributed by atoms with Gasteiger partial charge in [0.05, 0.1) is 5.69 Å². The average Bonchev–Trinajstić information content (AvgIpc) is 2.87. The zero-order chi connectivity index (χ0) is 15.7. The number of aryl methyl sites for hydroxylation is 1. The predicted octanol–water partition coefficient (Wildman–Crippen LogP) is 2.52. The van der Waals surface area contributed by atoms with E-state index >= 15 is 0 Å². The van der Waals surface area contributed by atoms with Crippen LogP contribution in [0.5, 0.6) is 0 Å². The predicted molar refractivity (Wildman–Crippen MR) is 82.1 cm³/mol. The number of carboxylic acid groups (broad SMARTS) is 1. The number of hydrogen-bond donors (Lipinski definition) is 2. The smallest absolute Gasteiger partial charge is 0.352 e. The largest absolute Gasteiger partial charge is 0.477 e. The first-order valence-electron chi connectivity index (χ1n) is 6.60. The van der Waals surface area contributed by atoms with Gasteiger partial charge in [0.2, 0.25) is 0 Å². The van der Waals surface area contributed by atoms with Gasteiger partial charge < -0.3 is 15.0 Å². The normalized spacial score (nSPS) is 10.6. The third kappa shape index (κ3) is 2.54. The molecule has 0 radical (unpaired) electrons. The molecule has 22 heavy (non-hydrogen) atoms. The third-order valence-corrected chi connectivity index (χ3v) is 3.35. The number of nitrogens with zero attached hydrogens (tertiary/aromatic N) is 2. The summed E-state index contributed by atoms with van der Waals surface area (Å²) < 4.78 is 1.44. The van der Waals surface area contributed by atoms with E-state index in [0.29, 0.717) is 5.69 Å². The number of rotatable bonds is 3. The standard InChI is InChI=1S/C16H13N3O3/c1-19-9-12(7-14(19)16(21)22)18-15(20)13-6-10-4-2-3-5-11(10)8-17-13/h2-9H,1H3,(H,18,20)(H,21,22). The van der Waals surface area contributed by atoms with E-state index in [9.17, 15) is 9.59 Å². The van der Waals surface area contributed by atoms with Gasteiger partial charge in [-0.1, -0.05) is 24.3 Å². The monoisotopic (exact) mass is 295 g/mol. The second-order valence-corrected chi connectivity index (χ2v) is 4.90. The van der Waals surface area contributed by atoms with Crippen molar-refractivity contribution in [3.8, 4) is 0 Å². The highest BCUT2D eigenvalue weighted by molar-refractivity contribution is 6.05. The highest BCUT2D eigenvalue weighted by Crippen LogP contribution is 2.16. The van der Waals surface area contributed by atoms with Crippen LogP contribution in [0.3, 0.4) is 0 Å². The van der Waals surface area contributed by atoms with Crippen LogP contribution in [0.25, 0.3) is 10.8 Å².